The minimum Gasteiger partial charge on any atom is -0.394 e. The summed E-state index contributed by atoms with van der Waals surface area (Å²) >= 11 is 4.95. The molecule has 19 heavy (non-hydrogen) atoms. The fraction of sp³-hybridized carbons (Fsp3) is 0.462. The van der Waals surface area contributed by atoms with Crippen LogP contribution in [0.5, 0.6) is 0 Å². The first-order valence-electron chi connectivity index (χ1n) is 6.13. The Labute approximate surface area is 117 Å². The van der Waals surface area contributed by atoms with Crippen molar-refractivity contribution in [3.8, 4) is 0 Å². The summed E-state index contributed by atoms with van der Waals surface area (Å²) in [4.78, 5) is 2.33. The first-order valence-corrected chi connectivity index (χ1v) is 6.54. The third-order valence-electron chi connectivity index (χ3n) is 3.16. The van der Waals surface area contributed by atoms with E-state index in [-0.39, 0.29) is 23.5 Å². The Hall–Kier alpha value is -1.08. The number of nitrogens with zero attached hydrogens (tertiary/aromatic N) is 1. The molecule has 0 saturated carbocycles. The lowest BCUT2D eigenvalue weighted by molar-refractivity contribution is -0.0551. The predicted molar refractivity (Wildman–Crippen MR) is 74.4 cm³/mol. The van der Waals surface area contributed by atoms with Gasteiger partial charge in [-0.1, -0.05) is 18.3 Å². The van der Waals surface area contributed by atoms with Gasteiger partial charge in [-0.15, -0.1) is 0 Å². The van der Waals surface area contributed by atoms with Gasteiger partial charge in [0, 0.05) is 25.2 Å². The summed E-state index contributed by atoms with van der Waals surface area (Å²) in [6, 6.07) is 4.47. The highest BCUT2D eigenvalue weighted by molar-refractivity contribution is 7.80. The molecule has 1 aliphatic heterocycles. The molecule has 0 bridgehead atoms. The summed E-state index contributed by atoms with van der Waals surface area (Å²) in [5.74, 6) is -0.346. The molecule has 1 saturated heterocycles. The van der Waals surface area contributed by atoms with Crippen LogP contribution < -0.4 is 5.73 Å². The maximum atomic E-state index is 13.2. The van der Waals surface area contributed by atoms with Crippen molar-refractivity contribution in [2.45, 2.75) is 12.6 Å². The zero-order valence-electron chi connectivity index (χ0n) is 10.5. The van der Waals surface area contributed by atoms with Gasteiger partial charge in [0.25, 0.3) is 0 Å². The van der Waals surface area contributed by atoms with Gasteiger partial charge in [-0.2, -0.15) is 0 Å². The normalized spacial score (nSPS) is 20.4. The lowest BCUT2D eigenvalue weighted by atomic mass is 10.1. The number of halogens is 1. The number of rotatable bonds is 4. The van der Waals surface area contributed by atoms with E-state index < -0.39 is 0 Å². The van der Waals surface area contributed by atoms with Crippen molar-refractivity contribution in [3.63, 3.8) is 0 Å². The summed E-state index contributed by atoms with van der Waals surface area (Å²) in [6.07, 6.45) is -0.164. The van der Waals surface area contributed by atoms with Gasteiger partial charge in [0.1, 0.15) is 10.8 Å². The number of ether oxygens (including phenoxy) is 1. The van der Waals surface area contributed by atoms with Crippen LogP contribution in [0.3, 0.4) is 0 Å². The van der Waals surface area contributed by atoms with Gasteiger partial charge in [-0.3, -0.25) is 4.90 Å². The van der Waals surface area contributed by atoms with E-state index in [2.05, 4.69) is 4.90 Å². The number of aliphatic hydroxyl groups is 1. The molecule has 1 fully saturated rings. The average Bonchev–Trinajstić information content (AvgIpc) is 2.41. The molecule has 3 N–H and O–H groups in total. The fourth-order valence-corrected chi connectivity index (χ4v) is 2.38. The average molecular weight is 284 g/mol. The third kappa shape index (κ3) is 3.70. The topological polar surface area (TPSA) is 58.7 Å². The van der Waals surface area contributed by atoms with Crippen LogP contribution in [-0.4, -0.2) is 47.4 Å². The summed E-state index contributed by atoms with van der Waals surface area (Å²) in [5.41, 5.74) is 7.09. The fourth-order valence-electron chi connectivity index (χ4n) is 2.19. The zero-order valence-corrected chi connectivity index (χ0v) is 11.3. The van der Waals surface area contributed by atoms with Crippen molar-refractivity contribution in [2.24, 2.45) is 5.73 Å². The van der Waals surface area contributed by atoms with Crippen molar-refractivity contribution in [1.82, 2.24) is 4.90 Å². The molecule has 1 unspecified atom stereocenters. The highest BCUT2D eigenvalue weighted by Crippen LogP contribution is 2.16. The summed E-state index contributed by atoms with van der Waals surface area (Å²) < 4.78 is 18.6. The number of morpholine rings is 1. The first kappa shape index (κ1) is 14.3. The Morgan fingerprint density at radius 3 is 3.05 bits per heavy atom. The maximum Gasteiger partial charge on any atom is 0.123 e. The Morgan fingerprint density at radius 2 is 2.37 bits per heavy atom. The number of benzene rings is 1. The van der Waals surface area contributed by atoms with E-state index in [1.165, 1.54) is 12.1 Å². The van der Waals surface area contributed by atoms with Crippen molar-refractivity contribution in [1.29, 1.82) is 0 Å². The van der Waals surface area contributed by atoms with Crippen LogP contribution in [0.1, 0.15) is 11.1 Å². The quantitative estimate of drug-likeness (QED) is 0.795. The molecular formula is C13H17FN2O2S. The summed E-state index contributed by atoms with van der Waals surface area (Å²) in [7, 11) is 0. The van der Waals surface area contributed by atoms with Crippen LogP contribution in [0.4, 0.5) is 4.39 Å². The minimum atomic E-state index is -0.346. The number of hydrogen-bond donors (Lipinski definition) is 2. The summed E-state index contributed by atoms with van der Waals surface area (Å²) in [6.45, 7) is 2.61. The van der Waals surface area contributed by atoms with Crippen LogP contribution in [0.2, 0.25) is 0 Å². The molecular weight excluding hydrogens is 267 g/mol. The van der Waals surface area contributed by atoms with Crippen molar-refractivity contribution >= 4 is 17.2 Å². The van der Waals surface area contributed by atoms with Crippen molar-refractivity contribution in [2.75, 3.05) is 26.3 Å². The lowest BCUT2D eigenvalue weighted by Gasteiger charge is -2.32. The van der Waals surface area contributed by atoms with E-state index in [0.29, 0.717) is 25.3 Å². The molecule has 6 heteroatoms. The zero-order chi connectivity index (χ0) is 13.8. The molecule has 4 nitrogen and oxygen atoms in total. The second-order valence-electron chi connectivity index (χ2n) is 4.58. The number of aliphatic hydroxyl groups excluding tert-OH is 1. The molecule has 1 aromatic rings. The third-order valence-corrected chi connectivity index (χ3v) is 3.38. The minimum absolute atomic E-state index is 0.00206. The van der Waals surface area contributed by atoms with Crippen molar-refractivity contribution < 1.29 is 14.2 Å². The van der Waals surface area contributed by atoms with E-state index in [9.17, 15) is 4.39 Å². The summed E-state index contributed by atoms with van der Waals surface area (Å²) in [5, 5.41) is 9.11. The molecule has 0 amide bonds. The largest absolute Gasteiger partial charge is 0.394 e. The van der Waals surface area contributed by atoms with Gasteiger partial charge in [0.05, 0.1) is 19.3 Å². The molecule has 1 aromatic carbocycles. The van der Waals surface area contributed by atoms with E-state index in [0.717, 1.165) is 12.1 Å². The molecule has 1 aliphatic rings. The SMILES string of the molecule is NC(=S)c1cc(F)ccc1CN1CCOC(CO)C1. The first-order chi connectivity index (χ1) is 9.10. The van der Waals surface area contributed by atoms with Gasteiger partial charge >= 0.3 is 0 Å². The van der Waals surface area contributed by atoms with Crippen LogP contribution in [0.25, 0.3) is 0 Å². The van der Waals surface area contributed by atoms with Gasteiger partial charge < -0.3 is 15.6 Å². The second-order valence-corrected chi connectivity index (χ2v) is 5.02. The van der Waals surface area contributed by atoms with E-state index >= 15 is 0 Å². The van der Waals surface area contributed by atoms with Crippen LogP contribution in [0, 0.1) is 5.82 Å². The number of hydrogen-bond acceptors (Lipinski definition) is 4. The lowest BCUT2D eigenvalue weighted by Crippen LogP contribution is -2.43. The smallest absolute Gasteiger partial charge is 0.123 e. The van der Waals surface area contributed by atoms with Gasteiger partial charge in [-0.05, 0) is 17.7 Å². The molecule has 1 atom stereocenters. The highest BCUT2D eigenvalue weighted by atomic mass is 32.1. The van der Waals surface area contributed by atoms with Gasteiger partial charge in [0.15, 0.2) is 0 Å². The Bertz CT molecular complexity index is 470. The Balaban J connectivity index is 2.12. The molecule has 0 radical (unpaired) electrons. The molecule has 0 aromatic heterocycles. The Morgan fingerprint density at radius 1 is 1.58 bits per heavy atom. The monoisotopic (exact) mass is 284 g/mol. The van der Waals surface area contributed by atoms with Crippen LogP contribution >= 0.6 is 12.2 Å². The van der Waals surface area contributed by atoms with Crippen LogP contribution in [0.15, 0.2) is 18.2 Å². The van der Waals surface area contributed by atoms with E-state index in [1.54, 1.807) is 6.07 Å². The second kappa shape index (κ2) is 6.38. The Kier molecular flexibility index (Phi) is 4.81. The molecule has 0 spiro atoms. The molecule has 2 rings (SSSR count). The van der Waals surface area contributed by atoms with Crippen LogP contribution in [-0.2, 0) is 11.3 Å². The molecule has 0 aliphatic carbocycles. The molecule has 104 valence electrons. The highest BCUT2D eigenvalue weighted by Gasteiger charge is 2.20. The van der Waals surface area contributed by atoms with E-state index in [1.807, 2.05) is 0 Å². The van der Waals surface area contributed by atoms with E-state index in [4.69, 9.17) is 27.8 Å². The van der Waals surface area contributed by atoms with Gasteiger partial charge in [-0.25, -0.2) is 4.39 Å². The van der Waals surface area contributed by atoms with Gasteiger partial charge in [0.2, 0.25) is 0 Å². The maximum absolute atomic E-state index is 13.2. The predicted octanol–water partition coefficient (Wildman–Crippen LogP) is 0.653. The standard InChI is InChI=1S/C13H17FN2O2S/c14-10-2-1-9(12(5-10)13(15)19)6-16-3-4-18-11(7-16)8-17/h1-2,5,11,17H,3-4,6-8H2,(H2,15,19). The number of nitrogens with two attached hydrogens (primary N) is 1. The van der Waals surface area contributed by atoms with Crippen molar-refractivity contribution in [3.05, 3.63) is 35.1 Å². The number of thiocarbonyl (C=S) groups is 1. The molecule has 1 heterocycles.